The van der Waals surface area contributed by atoms with E-state index in [0.717, 1.165) is 41.3 Å². The van der Waals surface area contributed by atoms with Crippen molar-refractivity contribution in [2.75, 3.05) is 26.1 Å². The highest BCUT2D eigenvalue weighted by atomic mass is 35.5. The number of amides is 1. The van der Waals surface area contributed by atoms with Crippen LogP contribution in [0.2, 0.25) is 0 Å². The van der Waals surface area contributed by atoms with Crippen LogP contribution in [0, 0.1) is 0 Å². The highest BCUT2D eigenvalue weighted by Gasteiger charge is 2.55. The normalized spacial score (nSPS) is 23.8. The Morgan fingerprint density at radius 2 is 1.92 bits per heavy atom. The van der Waals surface area contributed by atoms with E-state index >= 15 is 0 Å². The van der Waals surface area contributed by atoms with Gasteiger partial charge in [0.1, 0.15) is 11.5 Å². The SMILES string of the molecule is COc1ccc(C2NCCC23C(=O)Nc2ccccc23)c(OC)c1.Cl. The Bertz CT molecular complexity index is 811. The summed E-state index contributed by atoms with van der Waals surface area (Å²) in [7, 11) is 3.27. The van der Waals surface area contributed by atoms with Gasteiger partial charge in [0.2, 0.25) is 5.91 Å². The van der Waals surface area contributed by atoms with Gasteiger partial charge in [-0.2, -0.15) is 0 Å². The van der Waals surface area contributed by atoms with Gasteiger partial charge in [0.25, 0.3) is 0 Å². The van der Waals surface area contributed by atoms with Gasteiger partial charge in [-0.15, -0.1) is 12.4 Å². The summed E-state index contributed by atoms with van der Waals surface area (Å²) in [6.45, 7) is 0.779. The minimum Gasteiger partial charge on any atom is -0.497 e. The minimum absolute atomic E-state index is 0. The van der Waals surface area contributed by atoms with E-state index in [1.165, 1.54) is 0 Å². The molecule has 2 aliphatic rings. The molecule has 4 rings (SSSR count). The quantitative estimate of drug-likeness (QED) is 0.883. The van der Waals surface area contributed by atoms with E-state index in [0.29, 0.717) is 0 Å². The average Bonchev–Trinajstić information content (AvgIpc) is 3.18. The van der Waals surface area contributed by atoms with E-state index in [9.17, 15) is 4.79 Å². The first-order chi connectivity index (χ1) is 11.7. The summed E-state index contributed by atoms with van der Waals surface area (Å²) in [4.78, 5) is 12.9. The molecule has 2 aliphatic heterocycles. The molecular formula is C19H21ClN2O3. The molecule has 6 heteroatoms. The smallest absolute Gasteiger partial charge is 0.237 e. The Hall–Kier alpha value is -2.24. The highest BCUT2D eigenvalue weighted by molar-refractivity contribution is 6.07. The van der Waals surface area contributed by atoms with Crippen LogP contribution in [0.4, 0.5) is 5.69 Å². The predicted octanol–water partition coefficient (Wildman–Crippen LogP) is 3.05. The van der Waals surface area contributed by atoms with Crippen LogP contribution in [0.1, 0.15) is 23.6 Å². The molecule has 0 radical (unpaired) electrons. The van der Waals surface area contributed by atoms with Gasteiger partial charge in [-0.1, -0.05) is 24.3 Å². The van der Waals surface area contributed by atoms with Gasteiger partial charge in [0.05, 0.1) is 25.7 Å². The molecule has 2 unspecified atom stereocenters. The number of nitrogens with one attached hydrogen (secondary N) is 2. The Morgan fingerprint density at radius 1 is 1.12 bits per heavy atom. The lowest BCUT2D eigenvalue weighted by Gasteiger charge is -2.30. The van der Waals surface area contributed by atoms with Gasteiger partial charge in [0, 0.05) is 17.3 Å². The summed E-state index contributed by atoms with van der Waals surface area (Å²) < 4.78 is 10.9. The van der Waals surface area contributed by atoms with Gasteiger partial charge in [-0.3, -0.25) is 4.79 Å². The number of fused-ring (bicyclic) bond motifs is 2. The molecule has 25 heavy (non-hydrogen) atoms. The average molecular weight is 361 g/mol. The number of para-hydroxylation sites is 1. The molecule has 1 spiro atoms. The summed E-state index contributed by atoms with van der Waals surface area (Å²) in [5.41, 5.74) is 2.34. The molecule has 0 saturated carbocycles. The molecule has 2 aromatic carbocycles. The van der Waals surface area contributed by atoms with Crippen LogP contribution in [0.3, 0.4) is 0 Å². The first kappa shape index (κ1) is 17.6. The predicted molar refractivity (Wildman–Crippen MR) is 98.9 cm³/mol. The van der Waals surface area contributed by atoms with E-state index < -0.39 is 5.41 Å². The number of carbonyl (C=O) groups excluding carboxylic acids is 1. The van der Waals surface area contributed by atoms with Crippen molar-refractivity contribution < 1.29 is 14.3 Å². The van der Waals surface area contributed by atoms with Crippen LogP contribution in [0.5, 0.6) is 11.5 Å². The third-order valence-electron chi connectivity index (χ3n) is 5.17. The van der Waals surface area contributed by atoms with Crippen LogP contribution < -0.4 is 20.1 Å². The molecule has 2 aromatic rings. The second kappa shape index (κ2) is 6.58. The van der Waals surface area contributed by atoms with E-state index in [1.807, 2.05) is 42.5 Å². The maximum absolute atomic E-state index is 12.9. The number of rotatable bonds is 3. The molecule has 1 fully saturated rings. The van der Waals surface area contributed by atoms with Gasteiger partial charge >= 0.3 is 0 Å². The highest BCUT2D eigenvalue weighted by Crippen LogP contribution is 2.52. The first-order valence-corrected chi connectivity index (χ1v) is 8.07. The molecule has 132 valence electrons. The number of ether oxygens (including phenoxy) is 2. The van der Waals surface area contributed by atoms with Crippen molar-refractivity contribution in [3.05, 3.63) is 53.6 Å². The molecule has 2 heterocycles. The number of carbonyl (C=O) groups is 1. The fourth-order valence-corrected chi connectivity index (χ4v) is 4.04. The Labute approximate surface area is 153 Å². The third kappa shape index (κ3) is 2.46. The van der Waals surface area contributed by atoms with Gasteiger partial charge in [-0.05, 0) is 30.7 Å². The van der Waals surface area contributed by atoms with Crippen LogP contribution in [0.25, 0.3) is 0 Å². The first-order valence-electron chi connectivity index (χ1n) is 8.07. The zero-order valence-corrected chi connectivity index (χ0v) is 15.0. The van der Waals surface area contributed by atoms with Crippen LogP contribution in [-0.2, 0) is 10.2 Å². The van der Waals surface area contributed by atoms with Crippen molar-refractivity contribution in [1.82, 2.24) is 5.32 Å². The lowest BCUT2D eigenvalue weighted by atomic mass is 9.72. The number of hydrogen-bond donors (Lipinski definition) is 2. The van der Waals surface area contributed by atoms with Crippen molar-refractivity contribution in [3.63, 3.8) is 0 Å². The van der Waals surface area contributed by atoms with Crippen molar-refractivity contribution in [2.45, 2.75) is 17.9 Å². The Morgan fingerprint density at radius 3 is 2.68 bits per heavy atom. The van der Waals surface area contributed by atoms with Crippen LogP contribution >= 0.6 is 12.4 Å². The third-order valence-corrected chi connectivity index (χ3v) is 5.17. The number of halogens is 1. The second-order valence-electron chi connectivity index (χ2n) is 6.22. The molecule has 1 saturated heterocycles. The van der Waals surface area contributed by atoms with Crippen molar-refractivity contribution in [1.29, 1.82) is 0 Å². The van der Waals surface area contributed by atoms with Crippen molar-refractivity contribution in [3.8, 4) is 11.5 Å². The summed E-state index contributed by atoms with van der Waals surface area (Å²) in [6, 6.07) is 13.6. The molecular weight excluding hydrogens is 340 g/mol. The van der Waals surface area contributed by atoms with Crippen LogP contribution in [0.15, 0.2) is 42.5 Å². The molecule has 1 amide bonds. The summed E-state index contributed by atoms with van der Waals surface area (Å²) in [6.07, 6.45) is 0.760. The minimum atomic E-state index is -0.599. The van der Waals surface area contributed by atoms with Gasteiger partial charge < -0.3 is 20.1 Å². The number of hydrogen-bond acceptors (Lipinski definition) is 4. The lowest BCUT2D eigenvalue weighted by molar-refractivity contribution is -0.121. The molecule has 0 aliphatic carbocycles. The topological polar surface area (TPSA) is 59.6 Å². The summed E-state index contributed by atoms with van der Waals surface area (Å²) in [5, 5.41) is 6.55. The molecule has 0 bridgehead atoms. The van der Waals surface area contributed by atoms with Gasteiger partial charge in [-0.25, -0.2) is 0 Å². The van der Waals surface area contributed by atoms with Gasteiger partial charge in [0.15, 0.2) is 0 Å². The molecule has 2 N–H and O–H groups in total. The van der Waals surface area contributed by atoms with E-state index in [2.05, 4.69) is 10.6 Å². The molecule has 2 atom stereocenters. The second-order valence-corrected chi connectivity index (χ2v) is 6.22. The maximum atomic E-state index is 12.9. The number of methoxy groups -OCH3 is 2. The zero-order valence-electron chi connectivity index (χ0n) is 14.2. The number of anilines is 1. The Kier molecular flexibility index (Phi) is 4.62. The monoisotopic (exact) mass is 360 g/mol. The Balaban J connectivity index is 0.00000182. The van der Waals surface area contributed by atoms with Crippen LogP contribution in [-0.4, -0.2) is 26.7 Å². The summed E-state index contributed by atoms with van der Waals surface area (Å²) >= 11 is 0. The van der Waals surface area contributed by atoms with E-state index in [1.54, 1.807) is 14.2 Å². The standard InChI is InChI=1S/C19H20N2O3.ClH/c1-23-12-7-8-13(16(11-12)24-2)17-19(9-10-20-17)14-5-3-4-6-15(14)21-18(19)22;/h3-8,11,17,20H,9-10H2,1-2H3,(H,21,22);1H. The van der Waals surface area contributed by atoms with E-state index in [-0.39, 0.29) is 24.4 Å². The zero-order chi connectivity index (χ0) is 16.7. The fraction of sp³-hybridized carbons (Fsp3) is 0.316. The lowest BCUT2D eigenvalue weighted by Crippen LogP contribution is -2.39. The summed E-state index contributed by atoms with van der Waals surface area (Å²) in [5.74, 6) is 1.51. The number of benzene rings is 2. The van der Waals surface area contributed by atoms with Crippen molar-refractivity contribution in [2.24, 2.45) is 0 Å². The van der Waals surface area contributed by atoms with E-state index in [4.69, 9.17) is 9.47 Å². The molecule has 0 aromatic heterocycles. The fourth-order valence-electron chi connectivity index (χ4n) is 4.04. The van der Waals surface area contributed by atoms with Crippen molar-refractivity contribution >= 4 is 24.0 Å². The maximum Gasteiger partial charge on any atom is 0.237 e. The molecule has 5 nitrogen and oxygen atoms in total. The largest absolute Gasteiger partial charge is 0.497 e.